The predicted octanol–water partition coefficient (Wildman–Crippen LogP) is 5.16. The van der Waals surface area contributed by atoms with Gasteiger partial charge in [0.1, 0.15) is 5.75 Å². The summed E-state index contributed by atoms with van der Waals surface area (Å²) in [6, 6.07) is 23.6. The average molecular weight is 516 g/mol. The highest BCUT2D eigenvalue weighted by molar-refractivity contribution is 7.79. The number of rotatable bonds is 8. The molecule has 0 saturated carbocycles. The fourth-order valence-corrected chi connectivity index (χ4v) is 6.08. The molecule has 5 rings (SSSR count). The predicted molar refractivity (Wildman–Crippen MR) is 150 cm³/mol. The van der Waals surface area contributed by atoms with Crippen LogP contribution in [0, 0.1) is 12.8 Å². The van der Waals surface area contributed by atoms with Gasteiger partial charge >= 0.3 is 11.3 Å². The maximum atomic E-state index is 13.5. The molecule has 0 spiro atoms. The Morgan fingerprint density at radius 1 is 1.03 bits per heavy atom. The normalized spacial score (nSPS) is 16.1. The van der Waals surface area contributed by atoms with Gasteiger partial charge in [-0.25, -0.2) is 3.97 Å². The van der Waals surface area contributed by atoms with E-state index in [9.17, 15) is 9.00 Å². The molecule has 0 bridgehead atoms. The van der Waals surface area contributed by atoms with Gasteiger partial charge in [-0.05, 0) is 75.2 Å². The summed E-state index contributed by atoms with van der Waals surface area (Å²) in [6.45, 7) is 3.67. The molecular weight excluding hydrogens is 482 g/mol. The van der Waals surface area contributed by atoms with Gasteiger partial charge in [0.15, 0.2) is 0 Å². The molecule has 0 saturated heterocycles. The van der Waals surface area contributed by atoms with Crippen LogP contribution >= 0.6 is 0 Å². The summed E-state index contributed by atoms with van der Waals surface area (Å²) in [7, 11) is 4.16. The van der Waals surface area contributed by atoms with Gasteiger partial charge in [0.05, 0.1) is 5.52 Å². The SMILES string of the molecule is Cc1ccc(OS(=O)n2cc(CCC(=O)N3CC(CN(C)C)Cc4ccccc43)c3ccccc32)cc1. The van der Waals surface area contributed by atoms with Gasteiger partial charge in [0.25, 0.3) is 0 Å². The zero-order chi connectivity index (χ0) is 25.9. The zero-order valence-electron chi connectivity index (χ0n) is 21.6. The molecule has 0 N–H and O–H groups in total. The van der Waals surface area contributed by atoms with E-state index in [0.29, 0.717) is 24.5 Å². The van der Waals surface area contributed by atoms with Crippen LogP contribution in [0.15, 0.2) is 79.0 Å². The number of anilines is 1. The fourth-order valence-electron chi connectivity index (χ4n) is 5.19. The first-order chi connectivity index (χ1) is 17.9. The Morgan fingerprint density at radius 2 is 1.76 bits per heavy atom. The lowest BCUT2D eigenvalue weighted by Gasteiger charge is -2.36. The first-order valence-electron chi connectivity index (χ1n) is 12.7. The van der Waals surface area contributed by atoms with Gasteiger partial charge < -0.3 is 14.0 Å². The Labute approximate surface area is 221 Å². The minimum atomic E-state index is -1.74. The van der Waals surface area contributed by atoms with Crippen molar-refractivity contribution in [2.24, 2.45) is 5.92 Å². The molecule has 6 nitrogen and oxygen atoms in total. The van der Waals surface area contributed by atoms with E-state index in [2.05, 4.69) is 31.1 Å². The largest absolute Gasteiger partial charge is 0.385 e. The average Bonchev–Trinajstić information content (AvgIpc) is 3.26. The van der Waals surface area contributed by atoms with Crippen LogP contribution in [0.5, 0.6) is 5.75 Å². The van der Waals surface area contributed by atoms with E-state index in [-0.39, 0.29) is 5.91 Å². The molecule has 3 aromatic carbocycles. The van der Waals surface area contributed by atoms with Crippen molar-refractivity contribution in [3.05, 3.63) is 95.7 Å². The van der Waals surface area contributed by atoms with Crippen LogP contribution in [0.3, 0.4) is 0 Å². The van der Waals surface area contributed by atoms with Crippen molar-refractivity contribution in [3.8, 4) is 5.75 Å². The molecule has 1 aliphatic rings. The number of carbonyl (C=O) groups is 1. The Hall–Kier alpha value is -3.42. The molecule has 0 radical (unpaired) electrons. The molecule has 1 aliphatic heterocycles. The van der Waals surface area contributed by atoms with Crippen LogP contribution < -0.4 is 9.08 Å². The van der Waals surface area contributed by atoms with Crippen LogP contribution in [-0.4, -0.2) is 46.2 Å². The maximum Gasteiger partial charge on any atom is 0.322 e. The minimum Gasteiger partial charge on any atom is -0.385 e. The number of para-hydroxylation sites is 2. The maximum absolute atomic E-state index is 13.5. The summed E-state index contributed by atoms with van der Waals surface area (Å²) in [4.78, 5) is 17.7. The first-order valence-corrected chi connectivity index (χ1v) is 13.7. The van der Waals surface area contributed by atoms with Crippen molar-refractivity contribution in [2.75, 3.05) is 32.1 Å². The molecule has 2 atom stereocenters. The molecule has 0 aliphatic carbocycles. The smallest absolute Gasteiger partial charge is 0.322 e. The van der Waals surface area contributed by atoms with Crippen molar-refractivity contribution in [1.82, 2.24) is 8.87 Å². The number of nitrogens with zero attached hydrogens (tertiary/aromatic N) is 3. The summed E-state index contributed by atoms with van der Waals surface area (Å²) < 4.78 is 20.5. The van der Waals surface area contributed by atoms with Gasteiger partial charge in [0, 0.05) is 36.8 Å². The summed E-state index contributed by atoms with van der Waals surface area (Å²) in [6.07, 6.45) is 3.78. The third kappa shape index (κ3) is 5.63. The molecule has 2 heterocycles. The van der Waals surface area contributed by atoms with Crippen molar-refractivity contribution in [1.29, 1.82) is 0 Å². The Bertz CT molecular complexity index is 1430. The van der Waals surface area contributed by atoms with Crippen molar-refractivity contribution in [3.63, 3.8) is 0 Å². The highest BCUT2D eigenvalue weighted by atomic mass is 32.2. The molecule has 1 aromatic heterocycles. The van der Waals surface area contributed by atoms with E-state index in [1.165, 1.54) is 5.56 Å². The van der Waals surface area contributed by atoms with Crippen molar-refractivity contribution >= 4 is 33.8 Å². The number of hydrogen-bond donors (Lipinski definition) is 0. The highest BCUT2D eigenvalue weighted by Crippen LogP contribution is 2.31. The minimum absolute atomic E-state index is 0.116. The van der Waals surface area contributed by atoms with Crippen LogP contribution in [0.25, 0.3) is 10.9 Å². The number of amides is 1. The molecule has 192 valence electrons. The molecular formula is C30H33N3O3S. The summed E-state index contributed by atoms with van der Waals surface area (Å²) >= 11 is -1.74. The lowest BCUT2D eigenvalue weighted by molar-refractivity contribution is -0.118. The van der Waals surface area contributed by atoms with Gasteiger partial charge in [-0.15, -0.1) is 0 Å². The fraction of sp³-hybridized carbons (Fsp3) is 0.300. The van der Waals surface area contributed by atoms with Crippen LogP contribution in [-0.2, 0) is 28.9 Å². The number of aromatic nitrogens is 1. The van der Waals surface area contributed by atoms with Crippen molar-refractivity contribution in [2.45, 2.75) is 26.2 Å². The summed E-state index contributed by atoms with van der Waals surface area (Å²) in [5.41, 5.74) is 5.18. The molecule has 4 aromatic rings. The lowest BCUT2D eigenvalue weighted by atomic mass is 9.91. The van der Waals surface area contributed by atoms with E-state index in [1.807, 2.05) is 78.7 Å². The number of aryl methyl sites for hydroxylation is 2. The van der Waals surface area contributed by atoms with Gasteiger partial charge in [-0.3, -0.25) is 4.79 Å². The van der Waals surface area contributed by atoms with E-state index in [1.54, 1.807) is 3.97 Å². The third-order valence-corrected chi connectivity index (χ3v) is 7.83. The summed E-state index contributed by atoms with van der Waals surface area (Å²) in [5.74, 6) is 1.07. The topological polar surface area (TPSA) is 54.8 Å². The Balaban J connectivity index is 1.35. The molecule has 37 heavy (non-hydrogen) atoms. The second kappa shape index (κ2) is 10.9. The molecule has 1 amide bonds. The Morgan fingerprint density at radius 3 is 2.54 bits per heavy atom. The number of fused-ring (bicyclic) bond motifs is 2. The van der Waals surface area contributed by atoms with Gasteiger partial charge in [0.2, 0.25) is 5.91 Å². The molecule has 7 heteroatoms. The highest BCUT2D eigenvalue weighted by Gasteiger charge is 2.28. The van der Waals surface area contributed by atoms with Gasteiger partial charge in [-0.1, -0.05) is 54.1 Å². The molecule has 0 fully saturated rings. The standard InChI is InChI=1S/C30H33N3O3S/c1-22-12-15-26(16-13-22)36-37(35)33-21-25(27-9-5-7-11-29(27)33)14-17-30(34)32-20-23(19-31(2)3)18-24-8-4-6-10-28(24)32/h4-13,15-16,21,23H,14,17-20H2,1-3H3. The zero-order valence-corrected chi connectivity index (χ0v) is 22.4. The van der Waals surface area contributed by atoms with Gasteiger partial charge in [-0.2, -0.15) is 4.21 Å². The van der Waals surface area contributed by atoms with Crippen LogP contribution in [0.1, 0.15) is 23.1 Å². The molecule has 2 unspecified atom stereocenters. The number of carbonyl (C=O) groups excluding carboxylic acids is 1. The summed E-state index contributed by atoms with van der Waals surface area (Å²) in [5, 5.41) is 0.987. The van der Waals surface area contributed by atoms with Crippen LogP contribution in [0.2, 0.25) is 0 Å². The second-order valence-electron chi connectivity index (χ2n) is 10.1. The Kier molecular flexibility index (Phi) is 7.44. The number of benzene rings is 3. The first kappa shape index (κ1) is 25.2. The second-order valence-corrected chi connectivity index (χ2v) is 11.1. The quantitative estimate of drug-likeness (QED) is 0.326. The van der Waals surface area contributed by atoms with Crippen molar-refractivity contribution < 1.29 is 13.2 Å². The van der Waals surface area contributed by atoms with E-state index in [4.69, 9.17) is 4.18 Å². The van der Waals surface area contributed by atoms with E-state index >= 15 is 0 Å². The van der Waals surface area contributed by atoms with E-state index in [0.717, 1.165) is 47.2 Å². The monoisotopic (exact) mass is 515 g/mol. The lowest BCUT2D eigenvalue weighted by Crippen LogP contribution is -2.43. The third-order valence-electron chi connectivity index (χ3n) is 6.87. The van der Waals surface area contributed by atoms with E-state index < -0.39 is 11.3 Å². The van der Waals surface area contributed by atoms with Crippen LogP contribution in [0.4, 0.5) is 5.69 Å². The number of hydrogen-bond acceptors (Lipinski definition) is 4.